The molecule has 0 aromatic heterocycles. The van der Waals surface area contributed by atoms with Gasteiger partial charge in [0.2, 0.25) is 10.0 Å². The number of sulfonamides is 1. The van der Waals surface area contributed by atoms with Crippen LogP contribution in [0.25, 0.3) is 0 Å². The van der Waals surface area contributed by atoms with E-state index in [-0.39, 0.29) is 17.5 Å². The van der Waals surface area contributed by atoms with Crippen LogP contribution in [0.1, 0.15) is 34.3 Å². The van der Waals surface area contributed by atoms with Gasteiger partial charge in [0.15, 0.2) is 0 Å². The van der Waals surface area contributed by atoms with Gasteiger partial charge >= 0.3 is 0 Å². The van der Waals surface area contributed by atoms with Gasteiger partial charge in [-0.3, -0.25) is 5.32 Å². The number of nitrogens with one attached hydrogen (secondary N) is 2. The van der Waals surface area contributed by atoms with Crippen molar-refractivity contribution in [1.29, 1.82) is 5.26 Å². The van der Waals surface area contributed by atoms with E-state index < -0.39 is 16.1 Å². The zero-order chi connectivity index (χ0) is 23.8. The van der Waals surface area contributed by atoms with Gasteiger partial charge in [0.1, 0.15) is 6.04 Å². The maximum Gasteiger partial charge on any atom is 0.240 e. The van der Waals surface area contributed by atoms with Crippen molar-refractivity contribution in [2.75, 3.05) is 0 Å². The zero-order valence-electron chi connectivity index (χ0n) is 18.5. The standard InChI is InChI=1S/C28H25N3O2S/c29-20-27(31-28(23-13-6-2-7-14-23)24-15-8-3-9-16-24)25-17-10-18-26(19-25)34(32,33)30-21-22-11-4-1-5-12-22/h1-19,27-28,30-31H,21H2. The SMILES string of the molecule is N#CC(NC(c1ccccc1)c1ccccc1)c1cccc(S(=O)(=O)NCc2ccccc2)c1. The van der Waals surface area contributed by atoms with E-state index in [9.17, 15) is 13.7 Å². The van der Waals surface area contributed by atoms with Crippen LogP contribution in [0.5, 0.6) is 0 Å². The van der Waals surface area contributed by atoms with Crippen LogP contribution < -0.4 is 10.0 Å². The number of nitriles is 1. The van der Waals surface area contributed by atoms with Gasteiger partial charge in [-0.15, -0.1) is 0 Å². The molecule has 0 aliphatic heterocycles. The predicted molar refractivity (Wildman–Crippen MR) is 133 cm³/mol. The summed E-state index contributed by atoms with van der Waals surface area (Å²) >= 11 is 0. The Balaban J connectivity index is 1.59. The van der Waals surface area contributed by atoms with Gasteiger partial charge in [-0.2, -0.15) is 5.26 Å². The van der Waals surface area contributed by atoms with Crippen molar-refractivity contribution >= 4 is 10.0 Å². The maximum atomic E-state index is 12.9. The topological polar surface area (TPSA) is 82.0 Å². The lowest BCUT2D eigenvalue weighted by molar-refractivity contribution is 0.557. The molecule has 1 atom stereocenters. The van der Waals surface area contributed by atoms with Crippen molar-refractivity contribution in [3.63, 3.8) is 0 Å². The highest BCUT2D eigenvalue weighted by atomic mass is 32.2. The predicted octanol–water partition coefficient (Wildman–Crippen LogP) is 5.11. The summed E-state index contributed by atoms with van der Waals surface area (Å²) in [6.45, 7) is 0.192. The van der Waals surface area contributed by atoms with Crippen molar-refractivity contribution in [1.82, 2.24) is 10.0 Å². The summed E-state index contributed by atoms with van der Waals surface area (Å²) in [4.78, 5) is 0.124. The fourth-order valence-electron chi connectivity index (χ4n) is 3.77. The lowest BCUT2D eigenvalue weighted by Gasteiger charge is -2.23. The number of rotatable bonds is 9. The monoisotopic (exact) mass is 467 g/mol. The Morgan fingerprint density at radius 3 is 1.79 bits per heavy atom. The molecule has 4 aromatic rings. The molecular formula is C28H25N3O2S. The third-order valence-electron chi connectivity index (χ3n) is 5.54. The molecule has 5 nitrogen and oxygen atoms in total. The van der Waals surface area contributed by atoms with Crippen LogP contribution in [-0.4, -0.2) is 8.42 Å². The van der Waals surface area contributed by atoms with Gasteiger partial charge in [-0.05, 0) is 34.4 Å². The molecule has 4 aromatic carbocycles. The largest absolute Gasteiger partial charge is 0.287 e. The Labute approximate surface area is 200 Å². The zero-order valence-corrected chi connectivity index (χ0v) is 19.3. The summed E-state index contributed by atoms with van der Waals surface area (Å²) in [5.74, 6) is 0. The summed E-state index contributed by atoms with van der Waals surface area (Å²) in [6, 6.07) is 37.0. The number of hydrogen-bond acceptors (Lipinski definition) is 4. The minimum atomic E-state index is -3.74. The third-order valence-corrected chi connectivity index (χ3v) is 6.94. The lowest BCUT2D eigenvalue weighted by Crippen LogP contribution is -2.27. The fourth-order valence-corrected chi connectivity index (χ4v) is 4.84. The Bertz CT molecular complexity index is 1310. The Morgan fingerprint density at radius 2 is 1.24 bits per heavy atom. The molecule has 0 aliphatic rings. The van der Waals surface area contributed by atoms with E-state index >= 15 is 0 Å². The van der Waals surface area contributed by atoms with Crippen LogP contribution in [-0.2, 0) is 16.6 Å². The highest BCUT2D eigenvalue weighted by Gasteiger charge is 2.22. The summed E-state index contributed by atoms with van der Waals surface area (Å²) < 4.78 is 28.5. The number of benzene rings is 4. The van der Waals surface area contributed by atoms with Crippen molar-refractivity contribution in [3.05, 3.63) is 138 Å². The molecule has 0 radical (unpaired) electrons. The molecule has 4 rings (SSSR count). The molecule has 1 unspecified atom stereocenters. The van der Waals surface area contributed by atoms with Crippen molar-refractivity contribution in [2.45, 2.75) is 23.5 Å². The summed E-state index contributed by atoms with van der Waals surface area (Å²) in [5.41, 5.74) is 3.49. The third kappa shape index (κ3) is 5.77. The van der Waals surface area contributed by atoms with Gasteiger partial charge < -0.3 is 0 Å². The Kier molecular flexibility index (Phi) is 7.51. The molecular weight excluding hydrogens is 442 g/mol. The van der Waals surface area contributed by atoms with Crippen LogP contribution >= 0.6 is 0 Å². The molecule has 6 heteroatoms. The first kappa shape index (κ1) is 23.4. The second kappa shape index (κ2) is 10.9. The Hall–Kier alpha value is -3.76. The van der Waals surface area contributed by atoms with Crippen LogP contribution in [0, 0.1) is 11.3 Å². The van der Waals surface area contributed by atoms with Crippen LogP contribution in [0.4, 0.5) is 0 Å². The smallest absolute Gasteiger partial charge is 0.240 e. The summed E-state index contributed by atoms with van der Waals surface area (Å²) in [7, 11) is -3.74. The van der Waals surface area contributed by atoms with E-state index in [0.717, 1.165) is 16.7 Å². The molecule has 34 heavy (non-hydrogen) atoms. The lowest BCUT2D eigenvalue weighted by atomic mass is 9.96. The van der Waals surface area contributed by atoms with Gasteiger partial charge in [0, 0.05) is 6.54 Å². The molecule has 2 N–H and O–H groups in total. The highest BCUT2D eigenvalue weighted by Crippen LogP contribution is 2.27. The van der Waals surface area contributed by atoms with Crippen LogP contribution in [0.15, 0.2) is 120 Å². The molecule has 0 heterocycles. The minimum Gasteiger partial charge on any atom is -0.287 e. The normalized spacial score (nSPS) is 12.2. The highest BCUT2D eigenvalue weighted by molar-refractivity contribution is 7.89. The first-order chi connectivity index (χ1) is 16.6. The van der Waals surface area contributed by atoms with Gasteiger partial charge in [0.05, 0.1) is 17.0 Å². The summed E-state index contributed by atoms with van der Waals surface area (Å²) in [5, 5.41) is 13.4. The van der Waals surface area contributed by atoms with E-state index in [2.05, 4.69) is 16.1 Å². The van der Waals surface area contributed by atoms with Gasteiger partial charge in [0.25, 0.3) is 0 Å². The van der Waals surface area contributed by atoms with E-state index in [1.54, 1.807) is 18.2 Å². The maximum absolute atomic E-state index is 12.9. The average Bonchev–Trinajstić information content (AvgIpc) is 2.90. The van der Waals surface area contributed by atoms with E-state index in [1.807, 2.05) is 91.0 Å². The molecule has 0 aliphatic carbocycles. The second-order valence-corrected chi connectivity index (χ2v) is 9.63. The number of nitrogens with zero attached hydrogens (tertiary/aromatic N) is 1. The van der Waals surface area contributed by atoms with Gasteiger partial charge in [-0.1, -0.05) is 103 Å². The van der Waals surface area contributed by atoms with Crippen LogP contribution in [0.2, 0.25) is 0 Å². The molecule has 0 spiro atoms. The average molecular weight is 468 g/mol. The van der Waals surface area contributed by atoms with Crippen molar-refractivity contribution in [2.24, 2.45) is 0 Å². The first-order valence-corrected chi connectivity index (χ1v) is 12.4. The molecule has 0 bridgehead atoms. The number of hydrogen-bond donors (Lipinski definition) is 2. The van der Waals surface area contributed by atoms with Crippen molar-refractivity contribution < 1.29 is 8.42 Å². The second-order valence-electron chi connectivity index (χ2n) is 7.87. The van der Waals surface area contributed by atoms with E-state index in [1.165, 1.54) is 6.07 Å². The molecule has 170 valence electrons. The minimum absolute atomic E-state index is 0.124. The van der Waals surface area contributed by atoms with Crippen LogP contribution in [0.3, 0.4) is 0 Å². The van der Waals surface area contributed by atoms with E-state index in [0.29, 0.717) is 5.56 Å². The van der Waals surface area contributed by atoms with Gasteiger partial charge in [-0.25, -0.2) is 13.1 Å². The quantitative estimate of drug-likeness (QED) is 0.358. The molecule has 0 amide bonds. The van der Waals surface area contributed by atoms with E-state index in [4.69, 9.17) is 0 Å². The molecule has 0 saturated heterocycles. The molecule has 0 saturated carbocycles. The Morgan fingerprint density at radius 1 is 0.706 bits per heavy atom. The van der Waals surface area contributed by atoms with Crippen molar-refractivity contribution in [3.8, 4) is 6.07 Å². The first-order valence-electron chi connectivity index (χ1n) is 11.0. The fraction of sp³-hybridized carbons (Fsp3) is 0.107. The molecule has 0 fully saturated rings. The summed E-state index contributed by atoms with van der Waals surface area (Å²) in [6.07, 6.45) is 0.